The van der Waals surface area contributed by atoms with Gasteiger partial charge in [-0.2, -0.15) is 5.10 Å². The number of hydrogen-bond acceptors (Lipinski definition) is 5. The maximum absolute atomic E-state index is 12.3. The quantitative estimate of drug-likeness (QED) is 0.718. The lowest BCUT2D eigenvalue weighted by Gasteiger charge is -2.18. The molecule has 0 spiro atoms. The van der Waals surface area contributed by atoms with Crippen LogP contribution in [-0.4, -0.2) is 33.2 Å². The Kier molecular flexibility index (Phi) is 6.68. The highest BCUT2D eigenvalue weighted by atomic mass is 16.5. The largest absolute Gasteiger partial charge is 0.453 e. The van der Waals surface area contributed by atoms with E-state index in [9.17, 15) is 9.59 Å². The van der Waals surface area contributed by atoms with Gasteiger partial charge in [-0.25, -0.2) is 4.98 Å². The highest BCUT2D eigenvalue weighted by Crippen LogP contribution is 2.26. The highest BCUT2D eigenvalue weighted by molar-refractivity contribution is 5.95. The predicted molar refractivity (Wildman–Crippen MR) is 94.0 cm³/mol. The molecule has 1 amide bonds. The zero-order valence-electron chi connectivity index (χ0n) is 14.8. The number of carbonyl (C=O) groups excluding carboxylic acids is 2. The zero-order valence-corrected chi connectivity index (χ0v) is 14.8. The molecule has 0 unspecified atom stereocenters. The van der Waals surface area contributed by atoms with Gasteiger partial charge in [-0.3, -0.25) is 14.7 Å². The number of aryl methyl sites for hydroxylation is 1. The summed E-state index contributed by atoms with van der Waals surface area (Å²) in [7, 11) is 0. The number of H-pyrrole nitrogens is 1. The van der Waals surface area contributed by atoms with Gasteiger partial charge in [0, 0.05) is 12.1 Å². The van der Waals surface area contributed by atoms with Gasteiger partial charge in [0.2, 0.25) is 0 Å². The molecule has 0 saturated heterocycles. The standard InChI is InChI=1S/C18H24N4O3/c1-4-12(2)14-7-5-6-8-15(14)21-18(24)13(3)25-17(23)10-9-16-19-11-20-22-16/h5-8,11-13H,4,9-10H2,1-3H3,(H,21,24)(H,19,20,22)/t12-,13-/m0/s1. The molecule has 7 heteroatoms. The van der Waals surface area contributed by atoms with Crippen molar-refractivity contribution in [2.24, 2.45) is 0 Å². The predicted octanol–water partition coefficient (Wildman–Crippen LogP) is 2.82. The van der Waals surface area contributed by atoms with E-state index >= 15 is 0 Å². The van der Waals surface area contributed by atoms with Crippen LogP contribution in [0.1, 0.15) is 50.9 Å². The second-order valence-electron chi connectivity index (χ2n) is 5.95. The molecule has 2 rings (SSSR count). The summed E-state index contributed by atoms with van der Waals surface area (Å²) in [5.41, 5.74) is 1.83. The van der Waals surface area contributed by atoms with E-state index in [1.807, 2.05) is 24.3 Å². The summed E-state index contributed by atoms with van der Waals surface area (Å²) in [6.07, 6.45) is 2.01. The number of aromatic nitrogens is 3. The van der Waals surface area contributed by atoms with Crippen LogP contribution in [0.3, 0.4) is 0 Å². The molecule has 0 fully saturated rings. The summed E-state index contributed by atoms with van der Waals surface area (Å²) >= 11 is 0. The lowest BCUT2D eigenvalue weighted by molar-refractivity contribution is -0.153. The zero-order chi connectivity index (χ0) is 18.2. The molecule has 1 aromatic carbocycles. The summed E-state index contributed by atoms with van der Waals surface area (Å²) in [5, 5.41) is 9.24. The van der Waals surface area contributed by atoms with E-state index in [4.69, 9.17) is 4.74 Å². The molecule has 134 valence electrons. The molecule has 7 nitrogen and oxygen atoms in total. The van der Waals surface area contributed by atoms with Crippen LogP contribution in [0.2, 0.25) is 0 Å². The van der Waals surface area contributed by atoms with E-state index in [-0.39, 0.29) is 12.3 Å². The van der Waals surface area contributed by atoms with Gasteiger partial charge in [-0.1, -0.05) is 32.0 Å². The van der Waals surface area contributed by atoms with Crippen LogP contribution in [0.15, 0.2) is 30.6 Å². The first kappa shape index (κ1) is 18.6. The SMILES string of the molecule is CC[C@H](C)c1ccccc1NC(=O)[C@H](C)OC(=O)CCc1ncn[nH]1. The topological polar surface area (TPSA) is 97.0 Å². The first-order valence-electron chi connectivity index (χ1n) is 8.44. The van der Waals surface area contributed by atoms with Crippen molar-refractivity contribution in [3.05, 3.63) is 42.0 Å². The summed E-state index contributed by atoms with van der Waals surface area (Å²) in [5.74, 6) is 0.144. The van der Waals surface area contributed by atoms with Crippen LogP contribution in [0.5, 0.6) is 0 Å². The van der Waals surface area contributed by atoms with Crippen LogP contribution in [0.4, 0.5) is 5.69 Å². The van der Waals surface area contributed by atoms with Gasteiger partial charge in [0.15, 0.2) is 6.10 Å². The summed E-state index contributed by atoms with van der Waals surface area (Å²) in [6, 6.07) is 7.68. The fourth-order valence-electron chi connectivity index (χ4n) is 2.38. The number of rotatable bonds is 8. The van der Waals surface area contributed by atoms with Crippen LogP contribution in [-0.2, 0) is 20.7 Å². The molecular weight excluding hydrogens is 320 g/mol. The Hall–Kier alpha value is -2.70. The van der Waals surface area contributed by atoms with E-state index in [1.54, 1.807) is 6.92 Å². The number of aromatic amines is 1. The third-order valence-corrected chi connectivity index (χ3v) is 4.07. The monoisotopic (exact) mass is 344 g/mol. The van der Waals surface area contributed by atoms with E-state index in [0.29, 0.717) is 18.2 Å². The molecule has 0 radical (unpaired) electrons. The second-order valence-corrected chi connectivity index (χ2v) is 5.95. The maximum Gasteiger partial charge on any atom is 0.307 e. The third-order valence-electron chi connectivity index (χ3n) is 4.07. The number of ether oxygens (including phenoxy) is 1. The molecule has 0 aliphatic carbocycles. The summed E-state index contributed by atoms with van der Waals surface area (Å²) in [6.45, 7) is 5.77. The number of amides is 1. The number of esters is 1. The van der Waals surface area contributed by atoms with E-state index in [0.717, 1.165) is 17.7 Å². The van der Waals surface area contributed by atoms with Crippen LogP contribution in [0, 0.1) is 0 Å². The summed E-state index contributed by atoms with van der Waals surface area (Å²) in [4.78, 5) is 28.1. The molecule has 0 saturated carbocycles. The van der Waals surface area contributed by atoms with E-state index in [1.165, 1.54) is 6.33 Å². The maximum atomic E-state index is 12.3. The number of anilines is 1. The van der Waals surface area contributed by atoms with Gasteiger partial charge in [0.1, 0.15) is 12.2 Å². The van der Waals surface area contributed by atoms with Crippen molar-refractivity contribution in [2.45, 2.75) is 52.1 Å². The molecule has 0 aliphatic rings. The molecule has 1 aromatic heterocycles. The highest BCUT2D eigenvalue weighted by Gasteiger charge is 2.19. The fourth-order valence-corrected chi connectivity index (χ4v) is 2.38. The molecule has 2 N–H and O–H groups in total. The van der Waals surface area contributed by atoms with Crippen molar-refractivity contribution >= 4 is 17.6 Å². The molecule has 2 aromatic rings. The first-order chi connectivity index (χ1) is 12.0. The fraction of sp³-hybridized carbons (Fsp3) is 0.444. The van der Waals surface area contributed by atoms with Gasteiger partial charge in [-0.15, -0.1) is 0 Å². The van der Waals surface area contributed by atoms with E-state index in [2.05, 4.69) is 34.3 Å². The molecule has 2 atom stereocenters. The molecule has 25 heavy (non-hydrogen) atoms. The number of carbonyl (C=O) groups is 2. The van der Waals surface area contributed by atoms with Gasteiger partial charge in [0.25, 0.3) is 5.91 Å². The normalized spacial score (nSPS) is 13.1. The van der Waals surface area contributed by atoms with Crippen molar-refractivity contribution in [1.82, 2.24) is 15.2 Å². The number of nitrogens with one attached hydrogen (secondary N) is 2. The van der Waals surface area contributed by atoms with Crippen molar-refractivity contribution in [2.75, 3.05) is 5.32 Å². The smallest absolute Gasteiger partial charge is 0.307 e. The average molecular weight is 344 g/mol. The van der Waals surface area contributed by atoms with Gasteiger partial charge >= 0.3 is 5.97 Å². The van der Waals surface area contributed by atoms with Gasteiger partial charge in [0.05, 0.1) is 6.42 Å². The minimum absolute atomic E-state index is 0.135. The Bertz CT molecular complexity index is 700. The number of para-hydroxylation sites is 1. The Balaban J connectivity index is 1.89. The summed E-state index contributed by atoms with van der Waals surface area (Å²) < 4.78 is 5.20. The van der Waals surface area contributed by atoms with Crippen LogP contribution >= 0.6 is 0 Å². The molecular formula is C18H24N4O3. The third kappa shape index (κ3) is 5.41. The van der Waals surface area contributed by atoms with Crippen molar-refractivity contribution < 1.29 is 14.3 Å². The minimum atomic E-state index is -0.868. The number of hydrogen-bond donors (Lipinski definition) is 2. The number of nitrogens with zero attached hydrogens (tertiary/aromatic N) is 2. The van der Waals surface area contributed by atoms with Crippen molar-refractivity contribution in [3.8, 4) is 0 Å². The minimum Gasteiger partial charge on any atom is -0.453 e. The molecule has 0 bridgehead atoms. The van der Waals surface area contributed by atoms with Crippen LogP contribution < -0.4 is 5.32 Å². The molecule has 1 heterocycles. The van der Waals surface area contributed by atoms with Gasteiger partial charge in [-0.05, 0) is 30.9 Å². The first-order valence-corrected chi connectivity index (χ1v) is 8.44. The van der Waals surface area contributed by atoms with Crippen LogP contribution in [0.25, 0.3) is 0 Å². The Morgan fingerprint density at radius 3 is 2.72 bits per heavy atom. The second kappa shape index (κ2) is 8.96. The van der Waals surface area contributed by atoms with E-state index < -0.39 is 12.1 Å². The Morgan fingerprint density at radius 2 is 2.04 bits per heavy atom. The van der Waals surface area contributed by atoms with Crippen molar-refractivity contribution in [3.63, 3.8) is 0 Å². The average Bonchev–Trinajstić information content (AvgIpc) is 3.13. The lowest BCUT2D eigenvalue weighted by atomic mass is 9.97. The molecule has 0 aliphatic heterocycles. The number of benzene rings is 1. The Labute approximate surface area is 147 Å². The van der Waals surface area contributed by atoms with Gasteiger partial charge < -0.3 is 10.1 Å². The lowest BCUT2D eigenvalue weighted by Crippen LogP contribution is -2.30. The van der Waals surface area contributed by atoms with Crippen molar-refractivity contribution in [1.29, 1.82) is 0 Å². The Morgan fingerprint density at radius 1 is 1.28 bits per heavy atom.